The molecule has 2 aliphatic rings. The lowest BCUT2D eigenvalue weighted by atomic mass is 10.1. The molecule has 8 nitrogen and oxygen atoms in total. The maximum atomic E-state index is 12.7. The summed E-state index contributed by atoms with van der Waals surface area (Å²) >= 11 is 0. The van der Waals surface area contributed by atoms with Gasteiger partial charge in [-0.25, -0.2) is 4.79 Å². The fourth-order valence-corrected chi connectivity index (χ4v) is 3.83. The Morgan fingerprint density at radius 1 is 1.17 bits per heavy atom. The van der Waals surface area contributed by atoms with Crippen LogP contribution in [-0.4, -0.2) is 59.7 Å². The monoisotopic (exact) mass is 403 g/mol. The van der Waals surface area contributed by atoms with Gasteiger partial charge in [0.1, 0.15) is 11.7 Å². The topological polar surface area (TPSA) is 97.0 Å². The van der Waals surface area contributed by atoms with E-state index in [2.05, 4.69) is 10.6 Å². The molecule has 3 atom stereocenters. The van der Waals surface area contributed by atoms with E-state index in [0.29, 0.717) is 12.2 Å². The van der Waals surface area contributed by atoms with Gasteiger partial charge < -0.3 is 19.7 Å². The number of hydrogen-bond donors (Lipinski definition) is 2. The van der Waals surface area contributed by atoms with E-state index >= 15 is 0 Å². The van der Waals surface area contributed by atoms with Gasteiger partial charge in [0.05, 0.1) is 25.0 Å². The maximum absolute atomic E-state index is 12.7. The summed E-state index contributed by atoms with van der Waals surface area (Å²) in [5.74, 6) is -0.509. The summed E-state index contributed by atoms with van der Waals surface area (Å²) < 4.78 is 10.9. The highest BCUT2D eigenvalue weighted by Gasteiger charge is 2.48. The fourth-order valence-electron chi connectivity index (χ4n) is 3.83. The molecule has 2 amide bonds. The van der Waals surface area contributed by atoms with Crippen molar-refractivity contribution in [2.45, 2.75) is 63.8 Å². The molecule has 2 saturated heterocycles. The predicted molar refractivity (Wildman–Crippen MR) is 107 cm³/mol. The van der Waals surface area contributed by atoms with Crippen molar-refractivity contribution in [1.82, 2.24) is 10.2 Å². The molecule has 3 rings (SSSR count). The molecule has 2 fully saturated rings. The van der Waals surface area contributed by atoms with Crippen molar-refractivity contribution >= 4 is 23.7 Å². The molecule has 0 spiro atoms. The second-order valence-corrected chi connectivity index (χ2v) is 8.40. The minimum absolute atomic E-state index is 0.0318. The first-order valence-corrected chi connectivity index (χ1v) is 10.0. The van der Waals surface area contributed by atoms with Crippen LogP contribution in [-0.2, 0) is 19.1 Å². The lowest BCUT2D eigenvalue weighted by molar-refractivity contribution is -0.156. The third-order valence-electron chi connectivity index (χ3n) is 4.97. The zero-order valence-corrected chi connectivity index (χ0v) is 17.1. The molecule has 2 N–H and O–H groups in total. The molecule has 2 heterocycles. The number of carbonyl (C=O) groups excluding carboxylic acids is 3. The van der Waals surface area contributed by atoms with Crippen LogP contribution in [0.2, 0.25) is 0 Å². The molecule has 0 unspecified atom stereocenters. The number of esters is 1. The molecule has 1 aromatic rings. The molecule has 0 aliphatic carbocycles. The standard InChI is InChI=1S/C21H29N3O5/c1-21(2,3)29-18(26)10-9-17(25)24-13-16(19-15(24)11-12-22-19)28-20(27)23-14-7-5-4-6-8-14/h4-8,15-16,19,22H,9-13H2,1-3H3,(H,23,27)/t15-,16+,19+/m1/s1. The Hall–Kier alpha value is -2.61. The van der Waals surface area contributed by atoms with E-state index in [1.165, 1.54) is 0 Å². The zero-order valence-electron chi connectivity index (χ0n) is 17.1. The van der Waals surface area contributed by atoms with Gasteiger partial charge in [-0.2, -0.15) is 0 Å². The Morgan fingerprint density at radius 2 is 1.90 bits per heavy atom. The largest absolute Gasteiger partial charge is 0.460 e. The SMILES string of the molecule is CC(C)(C)OC(=O)CCC(=O)N1C[C@H](OC(=O)Nc2ccccc2)[C@H]2NCC[C@H]21. The normalized spacial score (nSPS) is 23.4. The first-order chi connectivity index (χ1) is 13.7. The zero-order chi connectivity index (χ0) is 21.0. The highest BCUT2D eigenvalue weighted by molar-refractivity contribution is 5.85. The van der Waals surface area contributed by atoms with Gasteiger partial charge in [-0.05, 0) is 45.9 Å². The van der Waals surface area contributed by atoms with Gasteiger partial charge in [0.15, 0.2) is 0 Å². The van der Waals surface area contributed by atoms with Crippen molar-refractivity contribution in [3.8, 4) is 0 Å². The minimum Gasteiger partial charge on any atom is -0.460 e. The van der Waals surface area contributed by atoms with Crippen LogP contribution < -0.4 is 10.6 Å². The number of anilines is 1. The lowest BCUT2D eigenvalue weighted by Crippen LogP contribution is -2.41. The van der Waals surface area contributed by atoms with Crippen molar-refractivity contribution in [2.75, 3.05) is 18.4 Å². The van der Waals surface area contributed by atoms with Crippen molar-refractivity contribution in [2.24, 2.45) is 0 Å². The smallest absolute Gasteiger partial charge is 0.412 e. The third kappa shape index (κ3) is 5.69. The predicted octanol–water partition coefficient (Wildman–Crippen LogP) is 2.30. The van der Waals surface area contributed by atoms with Crippen molar-refractivity contribution < 1.29 is 23.9 Å². The summed E-state index contributed by atoms with van der Waals surface area (Å²) in [4.78, 5) is 38.6. The van der Waals surface area contributed by atoms with Crippen molar-refractivity contribution in [3.05, 3.63) is 30.3 Å². The maximum Gasteiger partial charge on any atom is 0.412 e. The molecular formula is C21H29N3O5. The molecule has 8 heteroatoms. The van der Waals surface area contributed by atoms with E-state index in [4.69, 9.17) is 9.47 Å². The number of carbonyl (C=O) groups is 3. The molecule has 158 valence electrons. The number of hydrogen-bond acceptors (Lipinski definition) is 6. The van der Waals surface area contributed by atoms with Gasteiger partial charge >= 0.3 is 12.1 Å². The van der Waals surface area contributed by atoms with Crippen LogP contribution in [0.4, 0.5) is 10.5 Å². The van der Waals surface area contributed by atoms with Gasteiger partial charge in [-0.15, -0.1) is 0 Å². The molecule has 0 aromatic heterocycles. The summed E-state index contributed by atoms with van der Waals surface area (Å²) in [5.41, 5.74) is 0.0796. The minimum atomic E-state index is -0.570. The van der Waals surface area contributed by atoms with Crippen molar-refractivity contribution in [1.29, 1.82) is 0 Å². The number of benzene rings is 1. The molecule has 29 heavy (non-hydrogen) atoms. The van der Waals surface area contributed by atoms with Crippen LogP contribution in [0, 0.1) is 0 Å². The number of para-hydroxylation sites is 1. The number of rotatable bonds is 5. The average molecular weight is 403 g/mol. The average Bonchev–Trinajstić information content (AvgIpc) is 3.23. The Morgan fingerprint density at radius 3 is 2.59 bits per heavy atom. The van der Waals surface area contributed by atoms with E-state index in [1.54, 1.807) is 37.8 Å². The number of nitrogens with zero attached hydrogens (tertiary/aromatic N) is 1. The molecule has 2 aliphatic heterocycles. The van der Waals surface area contributed by atoms with Gasteiger partial charge in [0, 0.05) is 12.1 Å². The molecular weight excluding hydrogens is 374 g/mol. The number of nitrogens with one attached hydrogen (secondary N) is 2. The van der Waals surface area contributed by atoms with Gasteiger partial charge in [0.2, 0.25) is 5.91 Å². The molecule has 0 radical (unpaired) electrons. The van der Waals surface area contributed by atoms with Crippen LogP contribution in [0.25, 0.3) is 0 Å². The highest BCUT2D eigenvalue weighted by Crippen LogP contribution is 2.28. The summed E-state index contributed by atoms with van der Waals surface area (Å²) in [7, 11) is 0. The summed E-state index contributed by atoms with van der Waals surface area (Å²) in [6.45, 7) is 6.46. The summed E-state index contributed by atoms with van der Waals surface area (Å²) in [5, 5.41) is 6.03. The first-order valence-electron chi connectivity index (χ1n) is 10.0. The lowest BCUT2D eigenvalue weighted by Gasteiger charge is -2.23. The number of amides is 2. The van der Waals surface area contributed by atoms with E-state index in [-0.39, 0.29) is 36.8 Å². The van der Waals surface area contributed by atoms with Crippen LogP contribution in [0.3, 0.4) is 0 Å². The van der Waals surface area contributed by atoms with Crippen molar-refractivity contribution in [3.63, 3.8) is 0 Å². The number of ether oxygens (including phenoxy) is 2. The molecule has 0 saturated carbocycles. The van der Waals surface area contributed by atoms with Gasteiger partial charge in [0.25, 0.3) is 0 Å². The number of fused-ring (bicyclic) bond motifs is 1. The van der Waals surface area contributed by atoms with E-state index in [9.17, 15) is 14.4 Å². The summed E-state index contributed by atoms with van der Waals surface area (Å²) in [6, 6.07) is 8.94. The Labute approximate surface area is 170 Å². The highest BCUT2D eigenvalue weighted by atomic mass is 16.6. The summed E-state index contributed by atoms with van der Waals surface area (Å²) in [6.07, 6.45) is -0.0602. The Balaban J connectivity index is 1.54. The second kappa shape index (κ2) is 8.82. The number of likely N-dealkylation sites (tertiary alicyclic amines) is 1. The second-order valence-electron chi connectivity index (χ2n) is 8.40. The first kappa shape index (κ1) is 21.1. The van der Waals surface area contributed by atoms with E-state index < -0.39 is 17.8 Å². The van der Waals surface area contributed by atoms with Crippen LogP contribution in [0.5, 0.6) is 0 Å². The van der Waals surface area contributed by atoms with Gasteiger partial charge in [-0.1, -0.05) is 18.2 Å². The van der Waals surface area contributed by atoms with Crippen LogP contribution in [0.1, 0.15) is 40.0 Å². The fraction of sp³-hybridized carbons (Fsp3) is 0.571. The van der Waals surface area contributed by atoms with Gasteiger partial charge in [-0.3, -0.25) is 14.9 Å². The van der Waals surface area contributed by atoms with E-state index in [0.717, 1.165) is 13.0 Å². The van der Waals surface area contributed by atoms with Crippen LogP contribution >= 0.6 is 0 Å². The quantitative estimate of drug-likeness (QED) is 0.733. The molecule has 0 bridgehead atoms. The molecule has 1 aromatic carbocycles. The van der Waals surface area contributed by atoms with Crippen LogP contribution in [0.15, 0.2) is 30.3 Å². The third-order valence-corrected chi connectivity index (χ3v) is 4.97. The van der Waals surface area contributed by atoms with E-state index in [1.807, 2.05) is 18.2 Å². The Bertz CT molecular complexity index is 746. The Kier molecular flexibility index (Phi) is 6.42.